The number of hydrogen-bond donors (Lipinski definition) is 0. The summed E-state index contributed by atoms with van der Waals surface area (Å²) >= 11 is 3.53. The number of benzene rings is 4. The third-order valence-corrected chi connectivity index (χ3v) is 7.04. The van der Waals surface area contributed by atoms with Gasteiger partial charge in [0.25, 0.3) is 0 Å². The van der Waals surface area contributed by atoms with E-state index in [1.165, 1.54) is 0 Å². The van der Waals surface area contributed by atoms with Crippen molar-refractivity contribution in [3.63, 3.8) is 0 Å². The molecular weight excluding hydrogens is 462 g/mol. The van der Waals surface area contributed by atoms with E-state index >= 15 is 0 Å². The van der Waals surface area contributed by atoms with Gasteiger partial charge in [-0.25, -0.2) is 0 Å². The Kier molecular flexibility index (Phi) is 4.44. The van der Waals surface area contributed by atoms with Crippen LogP contribution in [0.15, 0.2) is 108 Å². The third-order valence-electron chi connectivity index (χ3n) is 6.54. The Morgan fingerprint density at radius 1 is 0.781 bits per heavy atom. The summed E-state index contributed by atoms with van der Waals surface area (Å²) in [5, 5.41) is 0. The van der Waals surface area contributed by atoms with E-state index in [1.807, 2.05) is 71.6 Å². The van der Waals surface area contributed by atoms with Gasteiger partial charge in [-0.3, -0.25) is 9.69 Å². The first-order valence-electron chi connectivity index (χ1n) is 10.7. The van der Waals surface area contributed by atoms with Crippen LogP contribution < -0.4 is 9.64 Å². The monoisotopic (exact) mass is 481 g/mol. The molecule has 4 heteroatoms. The van der Waals surface area contributed by atoms with Gasteiger partial charge in [-0.15, -0.1) is 0 Å². The first-order chi connectivity index (χ1) is 15.7. The van der Waals surface area contributed by atoms with Crippen LogP contribution in [0.25, 0.3) is 0 Å². The summed E-state index contributed by atoms with van der Waals surface area (Å²) in [6, 6.07) is 34.3. The number of carbonyl (C=O) groups is 1. The normalized spacial score (nSPS) is 18.7. The van der Waals surface area contributed by atoms with Crippen molar-refractivity contribution in [1.29, 1.82) is 0 Å². The number of ether oxygens (including phenoxy) is 1. The number of halogens is 1. The molecule has 0 bridgehead atoms. The molecule has 0 aliphatic carbocycles. The number of nitrogens with zero attached hydrogens (tertiary/aromatic N) is 1. The van der Waals surface area contributed by atoms with Crippen molar-refractivity contribution in [3.05, 3.63) is 130 Å². The van der Waals surface area contributed by atoms with Crippen molar-refractivity contribution in [3.8, 4) is 5.75 Å². The highest BCUT2D eigenvalue weighted by molar-refractivity contribution is 9.10. The standard InChI is InChI=1S/C28H20BrNO2/c29-21-15-16-23-25(17-21)32-18-28(23)22-13-7-8-14-24(22)30(27(28)31)26(19-9-3-1-4-10-19)20-11-5-2-6-12-20/h1-17,26H,18H2. The zero-order valence-corrected chi connectivity index (χ0v) is 18.8. The van der Waals surface area contributed by atoms with E-state index in [-0.39, 0.29) is 11.9 Å². The highest BCUT2D eigenvalue weighted by Gasteiger charge is 2.58. The number of carbonyl (C=O) groups excluding carboxylic acids is 1. The number of anilines is 1. The van der Waals surface area contributed by atoms with E-state index in [9.17, 15) is 4.79 Å². The minimum Gasteiger partial charge on any atom is -0.491 e. The summed E-state index contributed by atoms with van der Waals surface area (Å²) in [6.07, 6.45) is 0. The Labute approximate surface area is 195 Å². The molecule has 0 saturated carbocycles. The first-order valence-corrected chi connectivity index (χ1v) is 11.5. The fourth-order valence-electron chi connectivity index (χ4n) is 5.12. The molecule has 0 radical (unpaired) electrons. The van der Waals surface area contributed by atoms with Crippen molar-refractivity contribution >= 4 is 27.5 Å². The Hall–Kier alpha value is -3.37. The maximum atomic E-state index is 14.5. The number of fused-ring (bicyclic) bond motifs is 4. The molecule has 156 valence electrons. The Morgan fingerprint density at radius 2 is 1.41 bits per heavy atom. The second-order valence-electron chi connectivity index (χ2n) is 8.25. The molecule has 2 heterocycles. The molecule has 0 fully saturated rings. The van der Waals surface area contributed by atoms with Crippen molar-refractivity contribution in [2.75, 3.05) is 11.5 Å². The highest BCUT2D eigenvalue weighted by Crippen LogP contribution is 2.55. The molecule has 1 atom stereocenters. The smallest absolute Gasteiger partial charge is 0.246 e. The second-order valence-corrected chi connectivity index (χ2v) is 9.17. The van der Waals surface area contributed by atoms with Crippen LogP contribution in [-0.4, -0.2) is 12.5 Å². The lowest BCUT2D eigenvalue weighted by Crippen LogP contribution is -2.44. The SMILES string of the molecule is O=C1N(C(c2ccccc2)c2ccccc2)c2ccccc2C12COc1cc(Br)ccc12. The molecule has 1 unspecified atom stereocenters. The van der Waals surface area contributed by atoms with Crippen LogP contribution in [0.5, 0.6) is 5.75 Å². The van der Waals surface area contributed by atoms with Gasteiger partial charge < -0.3 is 4.74 Å². The molecule has 0 N–H and O–H groups in total. The van der Waals surface area contributed by atoms with Crippen LogP contribution in [-0.2, 0) is 10.2 Å². The highest BCUT2D eigenvalue weighted by atomic mass is 79.9. The van der Waals surface area contributed by atoms with Crippen LogP contribution in [0.4, 0.5) is 5.69 Å². The molecule has 6 rings (SSSR count). The zero-order chi connectivity index (χ0) is 21.7. The Bertz CT molecular complexity index is 1280. The minimum absolute atomic E-state index is 0.0532. The molecule has 0 aromatic heterocycles. The summed E-state index contributed by atoms with van der Waals surface area (Å²) in [5.41, 5.74) is 4.19. The summed E-state index contributed by atoms with van der Waals surface area (Å²) in [7, 11) is 0. The maximum Gasteiger partial charge on any atom is 0.246 e. The third kappa shape index (κ3) is 2.69. The molecule has 1 spiro atoms. The number of amides is 1. The molecule has 2 aliphatic rings. The lowest BCUT2D eigenvalue weighted by atomic mass is 9.77. The lowest BCUT2D eigenvalue weighted by Gasteiger charge is -2.31. The van der Waals surface area contributed by atoms with Gasteiger partial charge in [0, 0.05) is 15.7 Å². The average Bonchev–Trinajstić information content (AvgIpc) is 3.33. The van der Waals surface area contributed by atoms with E-state index in [2.05, 4.69) is 52.3 Å². The average molecular weight is 482 g/mol. The van der Waals surface area contributed by atoms with E-state index in [4.69, 9.17) is 4.74 Å². The van der Waals surface area contributed by atoms with Gasteiger partial charge >= 0.3 is 0 Å². The van der Waals surface area contributed by atoms with Crippen molar-refractivity contribution in [2.24, 2.45) is 0 Å². The van der Waals surface area contributed by atoms with Gasteiger partial charge in [0.05, 0.1) is 6.04 Å². The number of rotatable bonds is 3. The lowest BCUT2D eigenvalue weighted by molar-refractivity contribution is -0.122. The maximum absolute atomic E-state index is 14.5. The van der Waals surface area contributed by atoms with Crippen LogP contribution in [0.1, 0.15) is 28.3 Å². The molecule has 3 nitrogen and oxygen atoms in total. The number of hydrogen-bond acceptors (Lipinski definition) is 2. The number of para-hydroxylation sites is 1. The fourth-order valence-corrected chi connectivity index (χ4v) is 5.46. The fraction of sp³-hybridized carbons (Fsp3) is 0.107. The van der Waals surface area contributed by atoms with Gasteiger partial charge in [0.2, 0.25) is 5.91 Å². The van der Waals surface area contributed by atoms with E-state index < -0.39 is 5.41 Å². The molecule has 4 aromatic rings. The Balaban J connectivity index is 1.59. The van der Waals surface area contributed by atoms with E-state index in [1.54, 1.807) is 0 Å². The second kappa shape index (κ2) is 7.35. The summed E-state index contributed by atoms with van der Waals surface area (Å²) in [5.74, 6) is 0.817. The minimum atomic E-state index is -0.839. The quantitative estimate of drug-likeness (QED) is 0.345. The molecule has 32 heavy (non-hydrogen) atoms. The van der Waals surface area contributed by atoms with Crippen LogP contribution >= 0.6 is 15.9 Å². The zero-order valence-electron chi connectivity index (χ0n) is 17.2. The van der Waals surface area contributed by atoms with Crippen molar-refractivity contribution in [1.82, 2.24) is 0 Å². The molecular formula is C28H20BrNO2. The molecule has 0 saturated heterocycles. The van der Waals surface area contributed by atoms with Crippen molar-refractivity contribution < 1.29 is 9.53 Å². The predicted octanol–water partition coefficient (Wildman–Crippen LogP) is 6.26. The van der Waals surface area contributed by atoms with Gasteiger partial charge in [0.15, 0.2) is 0 Å². The van der Waals surface area contributed by atoms with Crippen LogP contribution in [0, 0.1) is 0 Å². The van der Waals surface area contributed by atoms with Gasteiger partial charge in [-0.1, -0.05) is 101 Å². The molecule has 4 aromatic carbocycles. The predicted molar refractivity (Wildman–Crippen MR) is 129 cm³/mol. The summed E-state index contributed by atoms with van der Waals surface area (Å²) < 4.78 is 7.05. The van der Waals surface area contributed by atoms with E-state index in [0.29, 0.717) is 6.61 Å². The topological polar surface area (TPSA) is 29.5 Å². The Morgan fingerprint density at radius 3 is 2.09 bits per heavy atom. The van der Waals surface area contributed by atoms with E-state index in [0.717, 1.165) is 38.2 Å². The van der Waals surface area contributed by atoms with Crippen LogP contribution in [0.3, 0.4) is 0 Å². The van der Waals surface area contributed by atoms with Crippen molar-refractivity contribution in [2.45, 2.75) is 11.5 Å². The first kappa shape index (κ1) is 19.3. The largest absolute Gasteiger partial charge is 0.491 e. The summed E-state index contributed by atoms with van der Waals surface area (Å²) in [4.78, 5) is 16.4. The van der Waals surface area contributed by atoms with Gasteiger partial charge in [0.1, 0.15) is 17.8 Å². The van der Waals surface area contributed by atoms with Crippen LogP contribution in [0.2, 0.25) is 0 Å². The summed E-state index contributed by atoms with van der Waals surface area (Å²) in [6.45, 7) is 0.307. The molecule has 1 amide bonds. The molecule has 2 aliphatic heterocycles. The van der Waals surface area contributed by atoms with Gasteiger partial charge in [-0.05, 0) is 34.9 Å². The van der Waals surface area contributed by atoms with Gasteiger partial charge in [-0.2, -0.15) is 0 Å².